The molecule has 2 nitrogen and oxygen atoms in total. The van der Waals surface area contributed by atoms with Gasteiger partial charge in [-0.15, -0.1) is 0 Å². The Kier molecular flexibility index (Phi) is 4.19. The van der Waals surface area contributed by atoms with E-state index < -0.39 is 0 Å². The first-order valence-corrected chi connectivity index (χ1v) is 6.67. The van der Waals surface area contributed by atoms with Crippen LogP contribution in [-0.4, -0.2) is 12.6 Å². The predicted octanol–water partition coefficient (Wildman–Crippen LogP) is 3.62. The summed E-state index contributed by atoms with van der Waals surface area (Å²) in [5.74, 6) is -0.0688. The third-order valence-corrected chi connectivity index (χ3v) is 3.64. The first kappa shape index (κ1) is 12.9. The van der Waals surface area contributed by atoms with Crippen LogP contribution in [0.1, 0.15) is 38.2 Å². The van der Waals surface area contributed by atoms with Crippen LogP contribution in [0.15, 0.2) is 42.5 Å². The monoisotopic (exact) mass is 244 g/mol. The molecule has 0 radical (unpaired) electrons. The summed E-state index contributed by atoms with van der Waals surface area (Å²) in [6.45, 7) is 2.46. The fraction of sp³-hybridized carbons (Fsp3) is 0.438. The topological polar surface area (TPSA) is 26.3 Å². The van der Waals surface area contributed by atoms with Gasteiger partial charge in [0.25, 0.3) is 0 Å². The number of hydrogen-bond donors (Lipinski definition) is 0. The predicted molar refractivity (Wildman–Crippen MR) is 72.4 cm³/mol. The van der Waals surface area contributed by atoms with E-state index in [1.165, 1.54) is 0 Å². The largest absolute Gasteiger partial charge is 0.461 e. The first-order valence-electron chi connectivity index (χ1n) is 6.67. The maximum atomic E-state index is 12.3. The Hall–Kier alpha value is -1.57. The lowest BCUT2D eigenvalue weighted by Crippen LogP contribution is -2.43. The van der Waals surface area contributed by atoms with Gasteiger partial charge in [-0.1, -0.05) is 55.8 Å². The molecule has 1 aromatic rings. The summed E-state index contributed by atoms with van der Waals surface area (Å²) in [7, 11) is 0. The van der Waals surface area contributed by atoms with Crippen LogP contribution in [0, 0.1) is 0 Å². The Balaban J connectivity index is 2.04. The molecule has 1 saturated carbocycles. The highest BCUT2D eigenvalue weighted by atomic mass is 16.5. The van der Waals surface area contributed by atoms with Crippen molar-refractivity contribution in [2.45, 2.75) is 38.0 Å². The zero-order chi connectivity index (χ0) is 12.8. The van der Waals surface area contributed by atoms with Gasteiger partial charge < -0.3 is 4.74 Å². The number of benzene rings is 1. The van der Waals surface area contributed by atoms with Crippen molar-refractivity contribution in [3.63, 3.8) is 0 Å². The lowest BCUT2D eigenvalue weighted by Gasteiger charge is -2.39. The summed E-state index contributed by atoms with van der Waals surface area (Å²) >= 11 is 0. The molecule has 0 spiro atoms. The molecule has 0 bridgehead atoms. The minimum absolute atomic E-state index is 0.0688. The van der Waals surface area contributed by atoms with Gasteiger partial charge in [0.05, 0.1) is 5.41 Å². The van der Waals surface area contributed by atoms with Gasteiger partial charge in [0.2, 0.25) is 0 Å². The van der Waals surface area contributed by atoms with Crippen molar-refractivity contribution < 1.29 is 9.53 Å². The third kappa shape index (κ3) is 2.47. The number of ether oxygens (including phenoxy) is 1. The van der Waals surface area contributed by atoms with Crippen LogP contribution in [0.25, 0.3) is 0 Å². The van der Waals surface area contributed by atoms with Crippen molar-refractivity contribution in [2.75, 3.05) is 6.61 Å². The maximum absolute atomic E-state index is 12.3. The molecule has 2 rings (SSSR count). The van der Waals surface area contributed by atoms with E-state index in [2.05, 4.69) is 6.92 Å². The Morgan fingerprint density at radius 3 is 2.56 bits per heavy atom. The molecule has 1 aromatic carbocycles. The molecule has 0 aliphatic heterocycles. The average molecular weight is 244 g/mol. The number of allylic oxidation sites excluding steroid dienone is 1. The second-order valence-electron chi connectivity index (χ2n) is 4.78. The molecule has 0 saturated heterocycles. The number of carbonyl (C=O) groups excluding carboxylic acids is 1. The molecule has 18 heavy (non-hydrogen) atoms. The zero-order valence-corrected chi connectivity index (χ0v) is 10.9. The van der Waals surface area contributed by atoms with Crippen LogP contribution in [0.4, 0.5) is 0 Å². The van der Waals surface area contributed by atoms with E-state index in [1.54, 1.807) is 0 Å². The minimum atomic E-state index is -0.374. The SMILES string of the molecule is CC/C=C/COC(=O)C1(c2ccccc2)CCC1. The number of hydrogen-bond acceptors (Lipinski definition) is 2. The molecule has 1 aliphatic carbocycles. The third-order valence-electron chi connectivity index (χ3n) is 3.64. The molecular weight excluding hydrogens is 224 g/mol. The van der Waals surface area contributed by atoms with E-state index in [0.29, 0.717) is 6.61 Å². The summed E-state index contributed by atoms with van der Waals surface area (Å²) in [6.07, 6.45) is 7.83. The lowest BCUT2D eigenvalue weighted by molar-refractivity contribution is -0.153. The molecule has 1 aliphatic rings. The highest BCUT2D eigenvalue weighted by molar-refractivity contribution is 5.84. The normalized spacial score (nSPS) is 17.4. The average Bonchev–Trinajstić information content (AvgIpc) is 2.35. The second-order valence-corrected chi connectivity index (χ2v) is 4.78. The minimum Gasteiger partial charge on any atom is -0.461 e. The molecule has 0 unspecified atom stereocenters. The van der Waals surface area contributed by atoms with Crippen molar-refractivity contribution in [3.05, 3.63) is 48.0 Å². The van der Waals surface area contributed by atoms with Gasteiger partial charge in [-0.25, -0.2) is 0 Å². The molecule has 0 aromatic heterocycles. The van der Waals surface area contributed by atoms with Crippen LogP contribution in [0.3, 0.4) is 0 Å². The standard InChI is InChI=1S/C16H20O2/c1-2-3-7-13-18-15(17)16(11-8-12-16)14-9-5-4-6-10-14/h3-7,9-10H,2,8,11-13H2,1H3/b7-3+. The summed E-state index contributed by atoms with van der Waals surface area (Å²) in [4.78, 5) is 12.3. The molecular formula is C16H20O2. The summed E-state index contributed by atoms with van der Waals surface area (Å²) in [5, 5.41) is 0. The quantitative estimate of drug-likeness (QED) is 0.584. The Morgan fingerprint density at radius 1 is 1.28 bits per heavy atom. The molecule has 0 N–H and O–H groups in total. The second kappa shape index (κ2) is 5.85. The van der Waals surface area contributed by atoms with Gasteiger partial charge in [-0.05, 0) is 24.8 Å². The number of esters is 1. The smallest absolute Gasteiger partial charge is 0.316 e. The maximum Gasteiger partial charge on any atom is 0.316 e. The summed E-state index contributed by atoms with van der Waals surface area (Å²) in [5.41, 5.74) is 0.724. The molecule has 0 atom stereocenters. The van der Waals surface area contributed by atoms with Crippen molar-refractivity contribution >= 4 is 5.97 Å². The number of carbonyl (C=O) groups is 1. The highest BCUT2D eigenvalue weighted by Gasteiger charge is 2.46. The van der Waals surface area contributed by atoms with Gasteiger partial charge in [0, 0.05) is 0 Å². The van der Waals surface area contributed by atoms with Crippen LogP contribution in [-0.2, 0) is 14.9 Å². The van der Waals surface area contributed by atoms with Gasteiger partial charge in [0.15, 0.2) is 0 Å². The Bertz CT molecular complexity index is 416. The van der Waals surface area contributed by atoms with Crippen LogP contribution in [0.2, 0.25) is 0 Å². The van der Waals surface area contributed by atoms with Crippen molar-refractivity contribution in [3.8, 4) is 0 Å². The van der Waals surface area contributed by atoms with E-state index in [1.807, 2.05) is 42.5 Å². The lowest BCUT2D eigenvalue weighted by atomic mass is 9.64. The Morgan fingerprint density at radius 2 is 2.00 bits per heavy atom. The van der Waals surface area contributed by atoms with E-state index in [-0.39, 0.29) is 11.4 Å². The van der Waals surface area contributed by atoms with Gasteiger partial charge >= 0.3 is 5.97 Å². The van der Waals surface area contributed by atoms with Crippen molar-refractivity contribution in [2.24, 2.45) is 0 Å². The molecule has 96 valence electrons. The zero-order valence-electron chi connectivity index (χ0n) is 10.9. The number of rotatable bonds is 5. The van der Waals surface area contributed by atoms with E-state index in [4.69, 9.17) is 4.74 Å². The summed E-state index contributed by atoms with van der Waals surface area (Å²) in [6, 6.07) is 10.0. The molecule has 1 fully saturated rings. The highest BCUT2D eigenvalue weighted by Crippen LogP contribution is 2.44. The van der Waals surface area contributed by atoms with E-state index in [9.17, 15) is 4.79 Å². The van der Waals surface area contributed by atoms with Gasteiger partial charge in [-0.2, -0.15) is 0 Å². The van der Waals surface area contributed by atoms with Gasteiger partial charge in [-0.3, -0.25) is 4.79 Å². The molecule has 2 heteroatoms. The van der Waals surface area contributed by atoms with Crippen LogP contribution in [0.5, 0.6) is 0 Å². The fourth-order valence-corrected chi connectivity index (χ4v) is 2.39. The molecule has 0 heterocycles. The fourth-order valence-electron chi connectivity index (χ4n) is 2.39. The molecule has 0 amide bonds. The van der Waals surface area contributed by atoms with Crippen molar-refractivity contribution in [1.82, 2.24) is 0 Å². The van der Waals surface area contributed by atoms with Crippen molar-refractivity contribution in [1.29, 1.82) is 0 Å². The van der Waals surface area contributed by atoms with E-state index >= 15 is 0 Å². The van der Waals surface area contributed by atoms with E-state index in [0.717, 1.165) is 31.2 Å². The van der Waals surface area contributed by atoms with Crippen LogP contribution >= 0.6 is 0 Å². The van der Waals surface area contributed by atoms with Crippen LogP contribution < -0.4 is 0 Å². The Labute approximate surface area is 109 Å². The summed E-state index contributed by atoms with van der Waals surface area (Å²) < 4.78 is 5.38. The first-order chi connectivity index (χ1) is 8.79. The van der Waals surface area contributed by atoms with Gasteiger partial charge in [0.1, 0.15) is 6.61 Å².